The standard InChI is InChI=1S/C23H28N2O5/c1-14-6-15(2)22-17(11-30-19(22)7-14)8-20(27)25-10-18-9-24(16(3)26)12-23(18,13-25)5-4-21(28)29/h6-7,11,18H,4-5,8-10,12-13H2,1-3H3,(H,28,29)/t18-,23+/m1/s1. The Labute approximate surface area is 175 Å². The quantitative estimate of drug-likeness (QED) is 0.815. The molecule has 2 saturated heterocycles. The maximum absolute atomic E-state index is 13.1. The van der Waals surface area contributed by atoms with Gasteiger partial charge in [-0.1, -0.05) is 6.07 Å². The van der Waals surface area contributed by atoms with E-state index < -0.39 is 5.97 Å². The highest BCUT2D eigenvalue weighted by Crippen LogP contribution is 2.46. The van der Waals surface area contributed by atoms with E-state index in [1.807, 2.05) is 24.8 Å². The van der Waals surface area contributed by atoms with Crippen LogP contribution in [-0.4, -0.2) is 58.9 Å². The van der Waals surface area contributed by atoms with E-state index in [9.17, 15) is 19.5 Å². The van der Waals surface area contributed by atoms with Crippen molar-refractivity contribution in [3.63, 3.8) is 0 Å². The summed E-state index contributed by atoms with van der Waals surface area (Å²) in [6.45, 7) is 7.77. The van der Waals surface area contributed by atoms with Gasteiger partial charge < -0.3 is 19.3 Å². The number of carboxylic acid groups (broad SMARTS) is 1. The minimum atomic E-state index is -0.843. The third kappa shape index (κ3) is 3.57. The van der Waals surface area contributed by atoms with Crippen LogP contribution in [0.25, 0.3) is 11.0 Å². The van der Waals surface area contributed by atoms with E-state index in [-0.39, 0.29) is 36.0 Å². The Morgan fingerprint density at radius 3 is 2.57 bits per heavy atom. The van der Waals surface area contributed by atoms with Crippen molar-refractivity contribution in [3.8, 4) is 0 Å². The Morgan fingerprint density at radius 1 is 1.17 bits per heavy atom. The van der Waals surface area contributed by atoms with Gasteiger partial charge in [0.1, 0.15) is 5.58 Å². The highest BCUT2D eigenvalue weighted by atomic mass is 16.4. The lowest BCUT2D eigenvalue weighted by atomic mass is 9.77. The second kappa shape index (κ2) is 7.45. The van der Waals surface area contributed by atoms with Gasteiger partial charge in [-0.25, -0.2) is 0 Å². The molecule has 0 spiro atoms. The van der Waals surface area contributed by atoms with Crippen LogP contribution >= 0.6 is 0 Å². The zero-order chi connectivity index (χ0) is 21.6. The third-order valence-electron chi connectivity index (χ3n) is 6.83. The molecule has 0 aliphatic carbocycles. The van der Waals surface area contributed by atoms with Crippen molar-refractivity contribution in [2.45, 2.75) is 40.0 Å². The second-order valence-corrected chi connectivity index (χ2v) is 9.02. The number of carbonyl (C=O) groups excluding carboxylic acids is 2. The number of rotatable bonds is 5. The largest absolute Gasteiger partial charge is 0.481 e. The van der Waals surface area contributed by atoms with Gasteiger partial charge in [-0.3, -0.25) is 14.4 Å². The lowest BCUT2D eigenvalue weighted by Crippen LogP contribution is -2.38. The number of nitrogens with zero attached hydrogens (tertiary/aromatic N) is 2. The van der Waals surface area contributed by atoms with Crippen LogP contribution in [0.2, 0.25) is 0 Å². The van der Waals surface area contributed by atoms with Gasteiger partial charge in [0.25, 0.3) is 0 Å². The van der Waals surface area contributed by atoms with E-state index in [1.54, 1.807) is 18.1 Å². The highest BCUT2D eigenvalue weighted by molar-refractivity contribution is 5.90. The second-order valence-electron chi connectivity index (χ2n) is 9.02. The average Bonchev–Trinajstić information content (AvgIpc) is 3.30. The molecule has 160 valence electrons. The van der Waals surface area contributed by atoms with Gasteiger partial charge in [-0.15, -0.1) is 0 Å². The lowest BCUT2D eigenvalue weighted by molar-refractivity contribution is -0.137. The van der Waals surface area contributed by atoms with Crippen molar-refractivity contribution in [2.75, 3.05) is 26.2 Å². The number of carboxylic acids is 1. The molecule has 1 aromatic carbocycles. The summed E-state index contributed by atoms with van der Waals surface area (Å²) in [4.78, 5) is 39.9. The Kier molecular flexibility index (Phi) is 5.08. The molecule has 3 heterocycles. The first-order valence-electron chi connectivity index (χ1n) is 10.4. The Hall–Kier alpha value is -2.83. The topological polar surface area (TPSA) is 91.1 Å². The molecule has 2 aliphatic rings. The number of aliphatic carboxylic acids is 1. The molecule has 0 radical (unpaired) electrons. The van der Waals surface area contributed by atoms with Crippen molar-refractivity contribution >= 4 is 28.8 Å². The van der Waals surface area contributed by atoms with E-state index in [4.69, 9.17) is 4.42 Å². The summed E-state index contributed by atoms with van der Waals surface area (Å²) in [5.74, 6) is -0.691. The molecule has 2 atom stereocenters. The molecule has 1 N–H and O–H groups in total. The van der Waals surface area contributed by atoms with Crippen molar-refractivity contribution in [1.82, 2.24) is 9.80 Å². The first-order valence-corrected chi connectivity index (χ1v) is 10.4. The minimum Gasteiger partial charge on any atom is -0.481 e. The summed E-state index contributed by atoms with van der Waals surface area (Å²) in [5, 5.41) is 10.2. The van der Waals surface area contributed by atoms with Gasteiger partial charge >= 0.3 is 5.97 Å². The van der Waals surface area contributed by atoms with Crippen LogP contribution in [0.5, 0.6) is 0 Å². The summed E-state index contributed by atoms with van der Waals surface area (Å²) in [6.07, 6.45) is 2.46. The first kappa shape index (κ1) is 20.4. The number of hydrogen-bond donors (Lipinski definition) is 1. The number of furan rings is 1. The molecule has 2 aromatic rings. The predicted octanol–water partition coefficient (Wildman–Crippen LogP) is 2.76. The summed E-state index contributed by atoms with van der Waals surface area (Å²) < 4.78 is 5.69. The molecular weight excluding hydrogens is 384 g/mol. The van der Waals surface area contributed by atoms with Crippen LogP contribution in [0.3, 0.4) is 0 Å². The molecule has 2 aliphatic heterocycles. The van der Waals surface area contributed by atoms with E-state index in [0.717, 1.165) is 27.7 Å². The average molecular weight is 412 g/mol. The van der Waals surface area contributed by atoms with Crippen LogP contribution in [0.1, 0.15) is 36.5 Å². The fourth-order valence-corrected chi connectivity index (χ4v) is 5.35. The van der Waals surface area contributed by atoms with Gasteiger partial charge in [-0.2, -0.15) is 0 Å². The van der Waals surface area contributed by atoms with Crippen LogP contribution in [0.4, 0.5) is 0 Å². The Morgan fingerprint density at radius 2 is 1.87 bits per heavy atom. The highest BCUT2D eigenvalue weighted by Gasteiger charge is 2.53. The molecule has 7 heteroatoms. The molecule has 0 unspecified atom stereocenters. The number of likely N-dealkylation sites (tertiary alicyclic amines) is 2. The molecule has 2 amide bonds. The number of fused-ring (bicyclic) bond motifs is 2. The van der Waals surface area contributed by atoms with E-state index in [0.29, 0.717) is 32.6 Å². The summed E-state index contributed by atoms with van der Waals surface area (Å²) in [6, 6.07) is 4.07. The Bertz CT molecular complexity index is 1030. The number of benzene rings is 1. The molecule has 30 heavy (non-hydrogen) atoms. The zero-order valence-corrected chi connectivity index (χ0v) is 17.7. The lowest BCUT2D eigenvalue weighted by Gasteiger charge is -2.28. The maximum Gasteiger partial charge on any atom is 0.303 e. The van der Waals surface area contributed by atoms with Crippen molar-refractivity contribution in [2.24, 2.45) is 11.3 Å². The molecule has 0 bridgehead atoms. The summed E-state index contributed by atoms with van der Waals surface area (Å²) in [7, 11) is 0. The normalized spacial score (nSPS) is 23.2. The van der Waals surface area contributed by atoms with Crippen LogP contribution < -0.4 is 0 Å². The molecular formula is C23H28N2O5. The Balaban J connectivity index is 1.52. The number of carbonyl (C=O) groups is 3. The van der Waals surface area contributed by atoms with E-state index in [1.165, 1.54) is 0 Å². The van der Waals surface area contributed by atoms with Crippen molar-refractivity contribution in [3.05, 3.63) is 35.1 Å². The zero-order valence-electron chi connectivity index (χ0n) is 17.7. The van der Waals surface area contributed by atoms with Crippen LogP contribution in [0, 0.1) is 25.2 Å². The van der Waals surface area contributed by atoms with Gasteiger partial charge in [-0.05, 0) is 37.5 Å². The van der Waals surface area contributed by atoms with E-state index >= 15 is 0 Å². The van der Waals surface area contributed by atoms with Gasteiger partial charge in [0.05, 0.1) is 12.7 Å². The number of amides is 2. The van der Waals surface area contributed by atoms with E-state index in [2.05, 4.69) is 6.07 Å². The molecule has 7 nitrogen and oxygen atoms in total. The van der Waals surface area contributed by atoms with Gasteiger partial charge in [0, 0.05) is 61.8 Å². The predicted molar refractivity (Wildman–Crippen MR) is 111 cm³/mol. The number of hydrogen-bond acceptors (Lipinski definition) is 4. The fourth-order valence-electron chi connectivity index (χ4n) is 5.35. The van der Waals surface area contributed by atoms with Gasteiger partial charge in [0.15, 0.2) is 0 Å². The molecule has 0 saturated carbocycles. The first-order chi connectivity index (χ1) is 14.2. The van der Waals surface area contributed by atoms with Crippen LogP contribution in [-0.2, 0) is 20.8 Å². The van der Waals surface area contributed by atoms with Crippen molar-refractivity contribution < 1.29 is 23.9 Å². The SMILES string of the molecule is CC(=O)N1C[C@@H]2CN(C(=O)Cc3coc4cc(C)cc(C)c34)C[C@]2(CCC(=O)O)C1. The van der Waals surface area contributed by atoms with Crippen molar-refractivity contribution in [1.29, 1.82) is 0 Å². The monoisotopic (exact) mass is 412 g/mol. The third-order valence-corrected chi connectivity index (χ3v) is 6.83. The molecule has 1 aromatic heterocycles. The summed E-state index contributed by atoms with van der Waals surface area (Å²) in [5.41, 5.74) is 3.56. The maximum atomic E-state index is 13.1. The number of aryl methyl sites for hydroxylation is 2. The van der Waals surface area contributed by atoms with Crippen LogP contribution in [0.15, 0.2) is 22.8 Å². The minimum absolute atomic E-state index is 0.00705. The smallest absolute Gasteiger partial charge is 0.303 e. The van der Waals surface area contributed by atoms with Gasteiger partial charge in [0.2, 0.25) is 11.8 Å². The molecule has 4 rings (SSSR count). The molecule has 2 fully saturated rings. The fraction of sp³-hybridized carbons (Fsp3) is 0.522. The summed E-state index contributed by atoms with van der Waals surface area (Å²) >= 11 is 0.